The van der Waals surface area contributed by atoms with E-state index in [9.17, 15) is 14.4 Å². The molecule has 3 aliphatic carbocycles. The molecular weight excluding hydrogens is 380 g/mol. The van der Waals surface area contributed by atoms with Crippen molar-refractivity contribution < 1.29 is 14.4 Å². The van der Waals surface area contributed by atoms with Gasteiger partial charge in [0.2, 0.25) is 5.91 Å². The van der Waals surface area contributed by atoms with Gasteiger partial charge in [-0.25, -0.2) is 4.79 Å². The number of hydrogen-bond acceptors (Lipinski definition) is 4. The number of hydrogen-bond donors (Lipinski definition) is 3. The number of halogens is 1. The highest BCUT2D eigenvalue weighted by molar-refractivity contribution is 6.09. The Morgan fingerprint density at radius 2 is 1.79 bits per heavy atom. The van der Waals surface area contributed by atoms with E-state index in [1.165, 1.54) is 6.42 Å². The molecule has 8 heteroatoms. The van der Waals surface area contributed by atoms with E-state index in [2.05, 4.69) is 17.6 Å². The number of rotatable bonds is 3. The minimum atomic E-state index is -0.780. The molecule has 2 atom stereocenters. The van der Waals surface area contributed by atoms with Crippen LogP contribution < -0.4 is 16.4 Å². The van der Waals surface area contributed by atoms with Crippen LogP contribution in [0.5, 0.6) is 0 Å². The maximum absolute atomic E-state index is 12.9. The second-order valence-corrected chi connectivity index (χ2v) is 9.36. The Morgan fingerprint density at radius 3 is 2.39 bits per heavy atom. The first kappa shape index (κ1) is 21.4. The first-order valence-electron chi connectivity index (χ1n) is 10.6. The summed E-state index contributed by atoms with van der Waals surface area (Å²) in [6.45, 7) is 2.00. The van der Waals surface area contributed by atoms with Gasteiger partial charge in [-0.3, -0.25) is 14.5 Å². The zero-order valence-corrected chi connectivity index (χ0v) is 17.4. The molecule has 4 rings (SSSR count). The fraction of sp³-hybridized carbons (Fsp3) is 0.850. The Morgan fingerprint density at radius 1 is 1.18 bits per heavy atom. The SMILES string of the molecule is CC1CCC2(CC1)NC(=O)N(CC(=O)NC1C3CCCC1CC(N)C3)C2=O.Cl. The molecule has 0 radical (unpaired) electrons. The van der Waals surface area contributed by atoms with Gasteiger partial charge in [0.25, 0.3) is 5.91 Å². The van der Waals surface area contributed by atoms with E-state index in [-0.39, 0.29) is 42.8 Å². The molecule has 4 N–H and O–H groups in total. The van der Waals surface area contributed by atoms with Crippen molar-refractivity contribution in [3.63, 3.8) is 0 Å². The van der Waals surface area contributed by atoms with Crippen LogP contribution in [0.3, 0.4) is 0 Å². The monoisotopic (exact) mass is 412 g/mol. The molecule has 2 bridgehead atoms. The summed E-state index contributed by atoms with van der Waals surface area (Å²) in [5.74, 6) is 0.976. The van der Waals surface area contributed by atoms with Crippen molar-refractivity contribution in [2.45, 2.75) is 82.3 Å². The van der Waals surface area contributed by atoms with E-state index in [0.717, 1.165) is 43.4 Å². The van der Waals surface area contributed by atoms with Crippen molar-refractivity contribution in [2.24, 2.45) is 23.5 Å². The average molecular weight is 413 g/mol. The summed E-state index contributed by atoms with van der Waals surface area (Å²) in [5.41, 5.74) is 5.38. The Hall–Kier alpha value is -1.34. The maximum atomic E-state index is 12.9. The molecule has 158 valence electrons. The van der Waals surface area contributed by atoms with Gasteiger partial charge in [-0.15, -0.1) is 12.4 Å². The maximum Gasteiger partial charge on any atom is 0.325 e. The van der Waals surface area contributed by atoms with Crippen LogP contribution in [0.1, 0.15) is 64.7 Å². The molecule has 0 aromatic rings. The third-order valence-electron chi connectivity index (χ3n) is 7.38. The van der Waals surface area contributed by atoms with Gasteiger partial charge in [0.1, 0.15) is 12.1 Å². The smallest absolute Gasteiger partial charge is 0.325 e. The molecule has 0 aromatic heterocycles. The van der Waals surface area contributed by atoms with Crippen LogP contribution in [0.2, 0.25) is 0 Å². The molecule has 4 aliphatic rings. The largest absolute Gasteiger partial charge is 0.351 e. The third kappa shape index (κ3) is 3.88. The summed E-state index contributed by atoms with van der Waals surface area (Å²) in [5, 5.41) is 6.02. The molecule has 1 heterocycles. The Labute approximate surface area is 172 Å². The summed E-state index contributed by atoms with van der Waals surface area (Å²) in [6.07, 6.45) is 8.48. The molecule has 28 heavy (non-hydrogen) atoms. The molecule has 4 fully saturated rings. The summed E-state index contributed by atoms with van der Waals surface area (Å²) >= 11 is 0. The fourth-order valence-corrected chi connectivity index (χ4v) is 5.81. The van der Waals surface area contributed by atoms with Gasteiger partial charge in [-0.2, -0.15) is 0 Å². The van der Waals surface area contributed by atoms with Crippen LogP contribution in [0, 0.1) is 17.8 Å². The first-order valence-corrected chi connectivity index (χ1v) is 10.6. The van der Waals surface area contributed by atoms with Crippen molar-refractivity contribution in [3.8, 4) is 0 Å². The summed E-state index contributed by atoms with van der Waals surface area (Å²) in [7, 11) is 0. The van der Waals surface area contributed by atoms with Gasteiger partial charge in [-0.05, 0) is 69.1 Å². The summed E-state index contributed by atoms with van der Waals surface area (Å²) in [4.78, 5) is 39.1. The highest BCUT2D eigenvalue weighted by Gasteiger charge is 2.52. The number of fused-ring (bicyclic) bond motifs is 2. The molecule has 0 aromatic carbocycles. The molecule has 1 saturated heterocycles. The molecule has 7 nitrogen and oxygen atoms in total. The van der Waals surface area contributed by atoms with Crippen LogP contribution in [0.25, 0.3) is 0 Å². The van der Waals surface area contributed by atoms with E-state index in [1.807, 2.05) is 0 Å². The normalized spacial score (nSPS) is 40.1. The molecule has 1 aliphatic heterocycles. The van der Waals surface area contributed by atoms with Crippen LogP contribution in [0.15, 0.2) is 0 Å². The predicted octanol–water partition coefficient (Wildman–Crippen LogP) is 1.93. The Bertz CT molecular complexity index is 621. The van der Waals surface area contributed by atoms with Crippen molar-refractivity contribution >= 4 is 30.3 Å². The number of nitrogens with one attached hydrogen (secondary N) is 2. The highest BCUT2D eigenvalue weighted by atomic mass is 35.5. The number of urea groups is 1. The average Bonchev–Trinajstić information content (AvgIpc) is 2.83. The minimum absolute atomic E-state index is 0. The lowest BCUT2D eigenvalue weighted by Crippen LogP contribution is -2.55. The zero-order valence-electron chi connectivity index (χ0n) is 16.6. The molecule has 4 amide bonds. The molecule has 3 saturated carbocycles. The second kappa shape index (κ2) is 8.19. The minimum Gasteiger partial charge on any atom is -0.351 e. The second-order valence-electron chi connectivity index (χ2n) is 9.36. The third-order valence-corrected chi connectivity index (χ3v) is 7.38. The van der Waals surface area contributed by atoms with E-state index >= 15 is 0 Å². The highest BCUT2D eigenvalue weighted by Crippen LogP contribution is 2.40. The number of amides is 4. The summed E-state index contributed by atoms with van der Waals surface area (Å²) < 4.78 is 0. The van der Waals surface area contributed by atoms with Gasteiger partial charge in [0, 0.05) is 12.1 Å². The van der Waals surface area contributed by atoms with Crippen LogP contribution in [0.4, 0.5) is 4.79 Å². The molecule has 2 unspecified atom stereocenters. The quantitative estimate of drug-likeness (QED) is 0.616. The topological polar surface area (TPSA) is 105 Å². The molecular formula is C20H33ClN4O3. The van der Waals surface area contributed by atoms with Gasteiger partial charge in [0.05, 0.1) is 0 Å². The number of imide groups is 1. The van der Waals surface area contributed by atoms with E-state index in [1.54, 1.807) is 0 Å². The number of nitrogens with zero attached hydrogens (tertiary/aromatic N) is 1. The van der Waals surface area contributed by atoms with Crippen molar-refractivity contribution in [2.75, 3.05) is 6.54 Å². The first-order chi connectivity index (χ1) is 12.9. The Kier molecular flexibility index (Phi) is 6.25. The van der Waals surface area contributed by atoms with Crippen molar-refractivity contribution in [1.82, 2.24) is 15.5 Å². The van der Waals surface area contributed by atoms with Gasteiger partial charge < -0.3 is 16.4 Å². The fourth-order valence-electron chi connectivity index (χ4n) is 5.81. The van der Waals surface area contributed by atoms with E-state index in [4.69, 9.17) is 5.73 Å². The number of carbonyl (C=O) groups excluding carboxylic acids is 3. The van der Waals surface area contributed by atoms with Gasteiger partial charge in [-0.1, -0.05) is 13.3 Å². The lowest BCUT2D eigenvalue weighted by atomic mass is 9.67. The van der Waals surface area contributed by atoms with E-state index < -0.39 is 11.6 Å². The van der Waals surface area contributed by atoms with Crippen molar-refractivity contribution in [1.29, 1.82) is 0 Å². The van der Waals surface area contributed by atoms with Crippen molar-refractivity contribution in [3.05, 3.63) is 0 Å². The predicted molar refractivity (Wildman–Crippen MR) is 108 cm³/mol. The standard InChI is InChI=1S/C20H32N4O3.ClH/c1-12-5-7-20(8-6-12)18(26)24(19(27)23-20)11-16(25)22-17-13-3-2-4-14(17)10-15(21)9-13;/h12-15,17H,2-11,21H2,1H3,(H,22,25)(H,23,27);1H. The molecule has 1 spiro atoms. The lowest BCUT2D eigenvalue weighted by molar-refractivity contribution is -0.136. The summed E-state index contributed by atoms with van der Waals surface area (Å²) in [6, 6.07) is -0.0557. The van der Waals surface area contributed by atoms with Crippen LogP contribution in [-0.4, -0.2) is 46.9 Å². The number of nitrogens with two attached hydrogens (primary N) is 1. The lowest BCUT2D eigenvalue weighted by Gasteiger charge is -2.45. The van der Waals surface area contributed by atoms with Crippen LogP contribution in [-0.2, 0) is 9.59 Å². The Balaban J connectivity index is 0.00000225. The zero-order chi connectivity index (χ0) is 19.2. The van der Waals surface area contributed by atoms with Crippen LogP contribution >= 0.6 is 12.4 Å². The van der Waals surface area contributed by atoms with E-state index in [0.29, 0.717) is 30.6 Å². The van der Waals surface area contributed by atoms with Gasteiger partial charge >= 0.3 is 6.03 Å². The number of carbonyl (C=O) groups is 3. The van der Waals surface area contributed by atoms with Gasteiger partial charge in [0.15, 0.2) is 0 Å².